The first-order chi connectivity index (χ1) is 12.7. The van der Waals surface area contributed by atoms with Gasteiger partial charge >= 0.3 is 0 Å². The largest absolute Gasteiger partial charge is 0.508 e. The van der Waals surface area contributed by atoms with Crippen LogP contribution in [0.4, 0.5) is 0 Å². The van der Waals surface area contributed by atoms with Crippen LogP contribution in [0.5, 0.6) is 23.0 Å². The van der Waals surface area contributed by atoms with Crippen LogP contribution in [0.25, 0.3) is 22.4 Å². The average Bonchev–Trinajstić information content (AvgIpc) is 3.11. The number of aromatic nitrogens is 2. The van der Waals surface area contributed by atoms with Gasteiger partial charge in [0.05, 0.1) is 6.20 Å². The lowest BCUT2D eigenvalue weighted by Crippen LogP contribution is -1.87. The molecule has 1 heterocycles. The van der Waals surface area contributed by atoms with Crippen molar-refractivity contribution in [3.8, 4) is 45.4 Å². The second kappa shape index (κ2) is 6.64. The Kier molecular flexibility index (Phi) is 4.03. The highest BCUT2D eigenvalue weighted by Crippen LogP contribution is 2.37. The van der Waals surface area contributed by atoms with Crippen molar-refractivity contribution >= 4 is 0 Å². The second-order valence-corrected chi connectivity index (χ2v) is 5.79. The Hall–Kier alpha value is -3.73. The summed E-state index contributed by atoms with van der Waals surface area (Å²) in [6.07, 6.45) is 1.62. The molecular formula is C21H16N2O3. The molecule has 1 aromatic heterocycles. The smallest absolute Gasteiger partial charge is 0.173 e. The number of aromatic hydroxyl groups is 2. The summed E-state index contributed by atoms with van der Waals surface area (Å²) < 4.78 is 5.91. The molecule has 128 valence electrons. The Bertz CT molecular complexity index is 1020. The number of ether oxygens (including phenoxy) is 1. The van der Waals surface area contributed by atoms with E-state index in [2.05, 4.69) is 22.3 Å². The quantitative estimate of drug-likeness (QED) is 0.489. The molecule has 0 aliphatic rings. The highest BCUT2D eigenvalue weighted by atomic mass is 16.5. The summed E-state index contributed by atoms with van der Waals surface area (Å²) in [5.74, 6) is 1.06. The number of rotatable bonds is 4. The maximum absolute atomic E-state index is 10.0. The number of H-pyrrole nitrogens is 1. The molecule has 3 N–H and O–H groups in total. The molecule has 0 saturated carbocycles. The van der Waals surface area contributed by atoms with Gasteiger partial charge in [-0.3, -0.25) is 5.10 Å². The molecule has 0 aliphatic carbocycles. The summed E-state index contributed by atoms with van der Waals surface area (Å²) in [5.41, 5.74) is 3.17. The molecule has 0 spiro atoms. The third kappa shape index (κ3) is 3.10. The van der Waals surface area contributed by atoms with Gasteiger partial charge in [0.2, 0.25) is 0 Å². The number of benzene rings is 3. The van der Waals surface area contributed by atoms with Gasteiger partial charge in [0.25, 0.3) is 0 Å². The van der Waals surface area contributed by atoms with Crippen molar-refractivity contribution in [3.63, 3.8) is 0 Å². The van der Waals surface area contributed by atoms with Crippen molar-refractivity contribution in [2.45, 2.75) is 0 Å². The fourth-order valence-electron chi connectivity index (χ4n) is 2.74. The molecule has 0 radical (unpaired) electrons. The molecule has 5 nitrogen and oxygen atoms in total. The number of hydrogen-bond acceptors (Lipinski definition) is 4. The number of hydrogen-bond donors (Lipinski definition) is 3. The number of aromatic amines is 1. The number of nitrogens with zero attached hydrogens (tertiary/aromatic N) is 1. The van der Waals surface area contributed by atoms with Crippen molar-refractivity contribution in [2.75, 3.05) is 0 Å². The number of phenols is 2. The summed E-state index contributed by atoms with van der Waals surface area (Å²) in [4.78, 5) is 0. The first-order valence-electron chi connectivity index (χ1n) is 8.10. The summed E-state index contributed by atoms with van der Waals surface area (Å²) in [6.45, 7) is 0. The second-order valence-electron chi connectivity index (χ2n) is 5.79. The Morgan fingerprint density at radius 3 is 2.27 bits per heavy atom. The lowest BCUT2D eigenvalue weighted by atomic mass is 10.1. The summed E-state index contributed by atoms with van der Waals surface area (Å²) in [6, 6.07) is 22.2. The SMILES string of the molecule is Oc1ccc(-c2n[nH]cc2Oc2ccc(-c3ccccc3)cc2)c(O)c1. The van der Waals surface area contributed by atoms with Crippen molar-refractivity contribution in [2.24, 2.45) is 0 Å². The van der Waals surface area contributed by atoms with Gasteiger partial charge in [-0.25, -0.2) is 0 Å². The third-order valence-electron chi connectivity index (χ3n) is 4.03. The van der Waals surface area contributed by atoms with Gasteiger partial charge in [0, 0.05) is 11.6 Å². The zero-order valence-corrected chi connectivity index (χ0v) is 13.8. The number of phenolic OH excluding ortho intramolecular Hbond substituents is 2. The predicted molar refractivity (Wildman–Crippen MR) is 99.3 cm³/mol. The topological polar surface area (TPSA) is 78.4 Å². The highest BCUT2D eigenvalue weighted by Gasteiger charge is 2.15. The standard InChI is InChI=1S/C21H16N2O3/c24-16-8-11-18(19(25)12-16)21-20(13-22-23-21)26-17-9-6-15(7-10-17)14-4-2-1-3-5-14/h1-13,24-25H,(H,22,23). The van der Waals surface area contributed by atoms with Crippen LogP contribution in [-0.4, -0.2) is 20.4 Å². The van der Waals surface area contributed by atoms with Crippen molar-refractivity contribution in [1.29, 1.82) is 0 Å². The zero-order chi connectivity index (χ0) is 17.9. The van der Waals surface area contributed by atoms with E-state index < -0.39 is 0 Å². The normalized spacial score (nSPS) is 10.6. The van der Waals surface area contributed by atoms with Gasteiger partial charge < -0.3 is 14.9 Å². The molecule has 0 atom stereocenters. The number of nitrogens with one attached hydrogen (secondary N) is 1. The molecular weight excluding hydrogens is 328 g/mol. The molecule has 0 fully saturated rings. The molecule has 0 aliphatic heterocycles. The Balaban J connectivity index is 1.60. The maximum atomic E-state index is 10.0. The van der Waals surface area contributed by atoms with Crippen LogP contribution in [0.3, 0.4) is 0 Å². The van der Waals surface area contributed by atoms with Gasteiger partial charge in [0.15, 0.2) is 5.75 Å². The monoisotopic (exact) mass is 344 g/mol. The van der Waals surface area contributed by atoms with E-state index in [1.54, 1.807) is 12.3 Å². The third-order valence-corrected chi connectivity index (χ3v) is 4.03. The van der Waals surface area contributed by atoms with Crippen LogP contribution in [0, 0.1) is 0 Å². The summed E-state index contributed by atoms with van der Waals surface area (Å²) in [7, 11) is 0. The van der Waals surface area contributed by atoms with E-state index in [0.717, 1.165) is 11.1 Å². The molecule has 3 aromatic carbocycles. The van der Waals surface area contributed by atoms with Crippen LogP contribution in [-0.2, 0) is 0 Å². The first-order valence-corrected chi connectivity index (χ1v) is 8.10. The fraction of sp³-hybridized carbons (Fsp3) is 0. The summed E-state index contributed by atoms with van der Waals surface area (Å²) >= 11 is 0. The van der Waals surface area contributed by atoms with E-state index in [4.69, 9.17) is 4.74 Å². The van der Waals surface area contributed by atoms with E-state index in [-0.39, 0.29) is 11.5 Å². The molecule has 0 unspecified atom stereocenters. The van der Waals surface area contributed by atoms with E-state index in [1.807, 2.05) is 42.5 Å². The molecule has 0 bridgehead atoms. The molecule has 4 aromatic rings. The Labute approximate surface area is 150 Å². The lowest BCUT2D eigenvalue weighted by Gasteiger charge is -2.08. The molecule has 5 heteroatoms. The molecule has 26 heavy (non-hydrogen) atoms. The summed E-state index contributed by atoms with van der Waals surface area (Å²) in [5, 5.41) is 26.4. The first kappa shape index (κ1) is 15.8. The van der Waals surface area contributed by atoms with Crippen LogP contribution < -0.4 is 4.74 Å². The lowest BCUT2D eigenvalue weighted by molar-refractivity contribution is 0.450. The van der Waals surface area contributed by atoms with Crippen LogP contribution in [0.2, 0.25) is 0 Å². The van der Waals surface area contributed by atoms with Crippen molar-refractivity contribution in [3.05, 3.63) is 79.0 Å². The van der Waals surface area contributed by atoms with E-state index in [0.29, 0.717) is 22.8 Å². The maximum Gasteiger partial charge on any atom is 0.173 e. The molecule has 0 amide bonds. The predicted octanol–water partition coefficient (Wildman–Crippen LogP) is 4.95. The Morgan fingerprint density at radius 2 is 1.54 bits per heavy atom. The molecule has 0 saturated heterocycles. The van der Waals surface area contributed by atoms with E-state index in [1.165, 1.54) is 12.1 Å². The van der Waals surface area contributed by atoms with E-state index >= 15 is 0 Å². The van der Waals surface area contributed by atoms with Crippen molar-refractivity contribution in [1.82, 2.24) is 10.2 Å². The van der Waals surface area contributed by atoms with Crippen molar-refractivity contribution < 1.29 is 14.9 Å². The van der Waals surface area contributed by atoms with Gasteiger partial charge in [-0.15, -0.1) is 0 Å². The van der Waals surface area contributed by atoms with Crippen LogP contribution in [0.1, 0.15) is 0 Å². The average molecular weight is 344 g/mol. The van der Waals surface area contributed by atoms with Gasteiger partial charge in [-0.05, 0) is 35.4 Å². The van der Waals surface area contributed by atoms with Crippen LogP contribution >= 0.6 is 0 Å². The minimum absolute atomic E-state index is 0.0132. The van der Waals surface area contributed by atoms with Gasteiger partial charge in [-0.2, -0.15) is 5.10 Å². The van der Waals surface area contributed by atoms with Gasteiger partial charge in [0.1, 0.15) is 22.9 Å². The minimum atomic E-state index is -0.0682. The minimum Gasteiger partial charge on any atom is -0.508 e. The fourth-order valence-corrected chi connectivity index (χ4v) is 2.74. The highest BCUT2D eigenvalue weighted by molar-refractivity contribution is 5.73. The van der Waals surface area contributed by atoms with Gasteiger partial charge in [-0.1, -0.05) is 42.5 Å². The Morgan fingerprint density at radius 1 is 0.808 bits per heavy atom. The zero-order valence-electron chi connectivity index (χ0n) is 13.8. The van der Waals surface area contributed by atoms with E-state index in [9.17, 15) is 10.2 Å². The van der Waals surface area contributed by atoms with Crippen LogP contribution in [0.15, 0.2) is 79.0 Å². The molecule has 4 rings (SSSR count).